The molecule has 0 amide bonds. The summed E-state index contributed by atoms with van der Waals surface area (Å²) < 4.78 is 12.1. The van der Waals surface area contributed by atoms with Gasteiger partial charge in [0.05, 0.1) is 4.99 Å². The Balaban J connectivity index is 2.44. The molecule has 1 N–H and O–H groups in total. The molecule has 0 saturated carbocycles. The first-order valence-corrected chi connectivity index (χ1v) is 8.40. The van der Waals surface area contributed by atoms with Gasteiger partial charge < -0.3 is 5.32 Å². The van der Waals surface area contributed by atoms with Crippen molar-refractivity contribution in [1.29, 1.82) is 0 Å². The molecule has 0 aromatic carbocycles. The van der Waals surface area contributed by atoms with Crippen LogP contribution in [0.5, 0.6) is 0 Å². The largest absolute Gasteiger partial charge is 0.376 e. The number of nitrogens with zero attached hydrogens (tertiary/aromatic N) is 1. The minimum atomic E-state index is -0.978. The van der Waals surface area contributed by atoms with Gasteiger partial charge in [-0.3, -0.25) is 9.19 Å². The molecule has 19 heavy (non-hydrogen) atoms. The van der Waals surface area contributed by atoms with Gasteiger partial charge >= 0.3 is 0 Å². The maximum atomic E-state index is 12.7. The van der Waals surface area contributed by atoms with Crippen LogP contribution in [-0.4, -0.2) is 26.0 Å². The molecule has 0 aliphatic carbocycles. The number of hydrogen-bond donors (Lipinski definition) is 1. The lowest BCUT2D eigenvalue weighted by Crippen LogP contribution is -2.50. The highest BCUT2D eigenvalue weighted by Gasteiger charge is 2.44. The van der Waals surface area contributed by atoms with Crippen LogP contribution in [0.1, 0.15) is 38.7 Å². The first kappa shape index (κ1) is 14.6. The van der Waals surface area contributed by atoms with Crippen molar-refractivity contribution < 1.29 is 4.21 Å². The van der Waals surface area contributed by atoms with Gasteiger partial charge in [0.25, 0.3) is 0 Å². The average Bonchev–Trinajstić information content (AvgIpc) is 2.39. The Morgan fingerprint density at radius 3 is 2.89 bits per heavy atom. The monoisotopic (exact) mass is 296 g/mol. The van der Waals surface area contributed by atoms with Crippen LogP contribution in [0.2, 0.25) is 0 Å². The number of pyridine rings is 1. The van der Waals surface area contributed by atoms with Crippen LogP contribution in [0.15, 0.2) is 24.5 Å². The van der Waals surface area contributed by atoms with Crippen LogP contribution < -0.4 is 5.32 Å². The molecule has 1 saturated heterocycles. The molecule has 1 fully saturated rings. The predicted molar refractivity (Wildman–Crippen MR) is 83.6 cm³/mol. The first-order valence-electron chi connectivity index (χ1n) is 6.67. The van der Waals surface area contributed by atoms with Gasteiger partial charge in [0, 0.05) is 35.0 Å². The van der Waals surface area contributed by atoms with E-state index in [9.17, 15) is 4.21 Å². The van der Waals surface area contributed by atoms with E-state index in [1.54, 1.807) is 12.4 Å². The summed E-state index contributed by atoms with van der Waals surface area (Å²) in [5.74, 6) is 0.717. The van der Waals surface area contributed by atoms with Crippen LogP contribution in [0.3, 0.4) is 0 Å². The van der Waals surface area contributed by atoms with Crippen molar-refractivity contribution in [2.45, 2.75) is 43.9 Å². The summed E-state index contributed by atoms with van der Waals surface area (Å²) >= 11 is 5.59. The fraction of sp³-hybridized carbons (Fsp3) is 0.571. The smallest absolute Gasteiger partial charge is 0.122 e. The number of nitrogens with one attached hydrogen (secondary N) is 1. The van der Waals surface area contributed by atoms with E-state index in [1.165, 1.54) is 0 Å². The van der Waals surface area contributed by atoms with Crippen molar-refractivity contribution in [1.82, 2.24) is 10.3 Å². The minimum absolute atomic E-state index is 0.250. The molecular weight excluding hydrogens is 276 g/mol. The fourth-order valence-corrected chi connectivity index (χ4v) is 5.07. The molecular formula is C14H20N2OS2. The first-order chi connectivity index (χ1) is 9.07. The van der Waals surface area contributed by atoms with Gasteiger partial charge in [-0.15, -0.1) is 0 Å². The Hall–Kier alpha value is -0.810. The second kappa shape index (κ2) is 6.09. The van der Waals surface area contributed by atoms with E-state index >= 15 is 0 Å². The van der Waals surface area contributed by atoms with Gasteiger partial charge in [0.15, 0.2) is 0 Å². The molecule has 104 valence electrons. The topological polar surface area (TPSA) is 42.0 Å². The van der Waals surface area contributed by atoms with E-state index in [1.807, 2.05) is 12.1 Å². The van der Waals surface area contributed by atoms with Crippen molar-refractivity contribution in [3.8, 4) is 0 Å². The van der Waals surface area contributed by atoms with Crippen LogP contribution in [0.25, 0.3) is 0 Å². The normalized spacial score (nSPS) is 27.2. The molecule has 3 nitrogen and oxygen atoms in total. The number of hydrogen-bond acceptors (Lipinski definition) is 3. The molecule has 1 aromatic heterocycles. The quantitative estimate of drug-likeness (QED) is 0.870. The second-order valence-corrected chi connectivity index (χ2v) is 7.41. The van der Waals surface area contributed by atoms with E-state index in [2.05, 4.69) is 24.1 Å². The number of aromatic nitrogens is 1. The van der Waals surface area contributed by atoms with Crippen molar-refractivity contribution >= 4 is 28.0 Å². The second-order valence-electron chi connectivity index (χ2n) is 5.20. The van der Waals surface area contributed by atoms with Crippen LogP contribution in [0, 0.1) is 0 Å². The zero-order valence-corrected chi connectivity index (χ0v) is 13.0. The standard InChI is InChI=1S/C14H20N2OS2/c1-11(2)16-13(18)14(7-3-4-9-19(14)17)12-6-5-8-15-10-12/h5-6,8,10-11H,3-4,7,9H2,1-2H3,(H,16,18)/t14-,19-/m1/s1. The van der Waals surface area contributed by atoms with E-state index in [4.69, 9.17) is 12.2 Å². The van der Waals surface area contributed by atoms with Crippen molar-refractivity contribution in [3.63, 3.8) is 0 Å². The highest BCUT2D eigenvalue weighted by Crippen LogP contribution is 2.38. The molecule has 0 radical (unpaired) electrons. The van der Waals surface area contributed by atoms with Crippen LogP contribution in [-0.2, 0) is 15.5 Å². The van der Waals surface area contributed by atoms with Gasteiger partial charge in [-0.05, 0) is 38.3 Å². The Bertz CT molecular complexity index is 476. The highest BCUT2D eigenvalue weighted by atomic mass is 32.2. The van der Waals surface area contributed by atoms with E-state index in [0.717, 1.165) is 30.6 Å². The fourth-order valence-electron chi connectivity index (χ4n) is 2.50. The Morgan fingerprint density at radius 1 is 1.53 bits per heavy atom. The Morgan fingerprint density at radius 2 is 2.32 bits per heavy atom. The maximum Gasteiger partial charge on any atom is 0.122 e. The molecule has 5 heteroatoms. The molecule has 0 unspecified atom stereocenters. The van der Waals surface area contributed by atoms with Gasteiger partial charge in [-0.25, -0.2) is 0 Å². The molecule has 0 bridgehead atoms. The average molecular weight is 296 g/mol. The summed E-state index contributed by atoms with van der Waals surface area (Å²) in [5, 5.41) is 3.29. The molecule has 1 aliphatic rings. The van der Waals surface area contributed by atoms with Gasteiger partial charge in [-0.2, -0.15) is 0 Å². The lowest BCUT2D eigenvalue weighted by Gasteiger charge is -2.38. The van der Waals surface area contributed by atoms with Crippen LogP contribution >= 0.6 is 12.2 Å². The Labute approximate surface area is 122 Å². The SMILES string of the molecule is CC(C)NC(=S)[C@]1(c2cccnc2)CCCC[S@]1=O. The van der Waals surface area contributed by atoms with Crippen molar-refractivity contribution in [2.75, 3.05) is 5.75 Å². The summed E-state index contributed by atoms with van der Waals surface area (Å²) in [6, 6.07) is 4.13. The molecule has 2 atom stereocenters. The lowest BCUT2D eigenvalue weighted by molar-refractivity contribution is 0.564. The molecule has 2 heterocycles. The zero-order valence-electron chi connectivity index (χ0n) is 11.4. The third kappa shape index (κ3) is 2.87. The summed E-state index contributed by atoms with van der Waals surface area (Å²) in [6.45, 7) is 4.10. The third-order valence-corrected chi connectivity index (χ3v) is 6.09. The predicted octanol–water partition coefficient (Wildman–Crippen LogP) is 2.53. The van der Waals surface area contributed by atoms with Crippen molar-refractivity contribution in [2.24, 2.45) is 0 Å². The summed E-state index contributed by atoms with van der Waals surface area (Å²) in [5.41, 5.74) is 0.978. The zero-order chi connectivity index (χ0) is 13.9. The van der Waals surface area contributed by atoms with Gasteiger partial charge in [0.2, 0.25) is 0 Å². The van der Waals surface area contributed by atoms with Crippen LogP contribution in [0.4, 0.5) is 0 Å². The number of rotatable bonds is 3. The Kier molecular flexibility index (Phi) is 4.68. The highest BCUT2D eigenvalue weighted by molar-refractivity contribution is 7.90. The van der Waals surface area contributed by atoms with Gasteiger partial charge in [0.1, 0.15) is 4.75 Å². The lowest BCUT2D eigenvalue weighted by atomic mass is 9.92. The van der Waals surface area contributed by atoms with E-state index in [-0.39, 0.29) is 6.04 Å². The van der Waals surface area contributed by atoms with E-state index in [0.29, 0.717) is 4.99 Å². The third-order valence-electron chi connectivity index (χ3n) is 3.41. The molecule has 1 aliphatic heterocycles. The van der Waals surface area contributed by atoms with E-state index < -0.39 is 15.5 Å². The number of thiocarbonyl (C=S) groups is 1. The minimum Gasteiger partial charge on any atom is -0.376 e. The maximum absolute atomic E-state index is 12.7. The molecule has 0 spiro atoms. The molecule has 1 aromatic rings. The van der Waals surface area contributed by atoms with Crippen molar-refractivity contribution in [3.05, 3.63) is 30.1 Å². The van der Waals surface area contributed by atoms with Gasteiger partial charge in [-0.1, -0.05) is 24.7 Å². The summed E-state index contributed by atoms with van der Waals surface area (Å²) in [7, 11) is -0.978. The summed E-state index contributed by atoms with van der Waals surface area (Å²) in [4.78, 5) is 4.88. The summed E-state index contributed by atoms with van der Waals surface area (Å²) in [6.07, 6.45) is 6.45. The molecule has 2 rings (SSSR count).